The molecule has 1 aliphatic heterocycles. The van der Waals surface area contributed by atoms with E-state index in [1.165, 1.54) is 12.5 Å². The highest BCUT2D eigenvalue weighted by molar-refractivity contribution is 7.09. The van der Waals surface area contributed by atoms with Crippen molar-refractivity contribution in [1.29, 1.82) is 0 Å². The third-order valence-corrected chi connectivity index (χ3v) is 6.35. The Morgan fingerprint density at radius 1 is 1.40 bits per heavy atom. The van der Waals surface area contributed by atoms with Crippen molar-refractivity contribution in [2.45, 2.75) is 31.8 Å². The number of carbonyl (C=O) groups is 1. The van der Waals surface area contributed by atoms with Gasteiger partial charge in [0.2, 0.25) is 0 Å². The number of thiazole rings is 1. The summed E-state index contributed by atoms with van der Waals surface area (Å²) in [5.41, 5.74) is 0.501. The number of likely N-dealkylation sites (tertiary alicyclic amines) is 1. The summed E-state index contributed by atoms with van der Waals surface area (Å²) in [4.78, 5) is 25.2. The first-order valence-corrected chi connectivity index (χ1v) is 9.49. The van der Waals surface area contributed by atoms with Crippen molar-refractivity contribution in [3.63, 3.8) is 0 Å². The highest BCUT2D eigenvalue weighted by Crippen LogP contribution is 2.56. The van der Waals surface area contributed by atoms with Crippen LogP contribution in [0.4, 0.5) is 0 Å². The van der Waals surface area contributed by atoms with Crippen LogP contribution in [0.15, 0.2) is 29.9 Å². The van der Waals surface area contributed by atoms with Gasteiger partial charge in [0.05, 0.1) is 6.54 Å². The summed E-state index contributed by atoms with van der Waals surface area (Å²) >= 11 is 1.70. The van der Waals surface area contributed by atoms with Crippen LogP contribution >= 0.6 is 11.3 Å². The Hall–Kier alpha value is -1.99. The van der Waals surface area contributed by atoms with Gasteiger partial charge < -0.3 is 10.0 Å². The van der Waals surface area contributed by atoms with E-state index in [0.717, 1.165) is 37.5 Å². The molecule has 7 heteroatoms. The first kappa shape index (κ1) is 16.5. The van der Waals surface area contributed by atoms with E-state index in [-0.39, 0.29) is 17.4 Å². The SMILES string of the molecule is CN(Cc1nccs1)C1CC12CCN(C(=O)c1ncccc1O)CC2. The van der Waals surface area contributed by atoms with Crippen LogP contribution in [-0.2, 0) is 6.54 Å². The number of pyridine rings is 1. The maximum atomic E-state index is 12.6. The van der Waals surface area contributed by atoms with Crippen LogP contribution in [0.1, 0.15) is 34.8 Å². The lowest BCUT2D eigenvalue weighted by Gasteiger charge is -2.34. The van der Waals surface area contributed by atoms with Gasteiger partial charge in [-0.3, -0.25) is 9.69 Å². The molecule has 0 aromatic carbocycles. The summed E-state index contributed by atoms with van der Waals surface area (Å²) in [5, 5.41) is 13.0. The number of piperidine rings is 1. The lowest BCUT2D eigenvalue weighted by molar-refractivity contribution is 0.0648. The Bertz CT molecular complexity index is 756. The molecule has 6 nitrogen and oxygen atoms in total. The van der Waals surface area contributed by atoms with Gasteiger partial charge in [-0.25, -0.2) is 9.97 Å². The van der Waals surface area contributed by atoms with Gasteiger partial charge in [-0.15, -0.1) is 11.3 Å². The van der Waals surface area contributed by atoms with E-state index < -0.39 is 0 Å². The smallest absolute Gasteiger partial charge is 0.276 e. The number of amides is 1. The molecule has 1 N–H and O–H groups in total. The number of carbonyl (C=O) groups excluding carboxylic acids is 1. The van der Waals surface area contributed by atoms with Crippen molar-refractivity contribution >= 4 is 17.2 Å². The first-order chi connectivity index (χ1) is 12.1. The van der Waals surface area contributed by atoms with Gasteiger partial charge >= 0.3 is 0 Å². The summed E-state index contributed by atoms with van der Waals surface area (Å²) in [7, 11) is 2.17. The van der Waals surface area contributed by atoms with E-state index in [9.17, 15) is 9.90 Å². The van der Waals surface area contributed by atoms with Crippen molar-refractivity contribution in [3.8, 4) is 5.75 Å². The number of aromatic hydroxyl groups is 1. The lowest BCUT2D eigenvalue weighted by Crippen LogP contribution is -2.41. The summed E-state index contributed by atoms with van der Waals surface area (Å²) in [5.74, 6) is -0.207. The zero-order valence-electron chi connectivity index (χ0n) is 14.3. The molecule has 1 spiro atoms. The van der Waals surface area contributed by atoms with Crippen LogP contribution in [0.2, 0.25) is 0 Å². The maximum absolute atomic E-state index is 12.6. The number of nitrogens with zero attached hydrogens (tertiary/aromatic N) is 4. The molecule has 4 rings (SSSR count). The van der Waals surface area contributed by atoms with E-state index in [4.69, 9.17) is 0 Å². The van der Waals surface area contributed by atoms with Crippen molar-refractivity contribution < 1.29 is 9.90 Å². The van der Waals surface area contributed by atoms with Gasteiger partial charge in [0.25, 0.3) is 5.91 Å². The molecule has 0 radical (unpaired) electrons. The quantitative estimate of drug-likeness (QED) is 0.909. The average Bonchev–Trinajstić information content (AvgIpc) is 3.07. The molecule has 2 fully saturated rings. The van der Waals surface area contributed by atoms with E-state index >= 15 is 0 Å². The Balaban J connectivity index is 1.35. The molecule has 25 heavy (non-hydrogen) atoms. The second-order valence-corrected chi connectivity index (χ2v) is 8.07. The van der Waals surface area contributed by atoms with Gasteiger partial charge in [-0.1, -0.05) is 0 Å². The third kappa shape index (κ3) is 3.14. The fraction of sp³-hybridized carbons (Fsp3) is 0.500. The normalized spacial score (nSPS) is 21.7. The minimum Gasteiger partial charge on any atom is -0.505 e. The van der Waals surface area contributed by atoms with Crippen LogP contribution < -0.4 is 0 Å². The van der Waals surface area contributed by atoms with Crippen molar-refractivity contribution in [2.24, 2.45) is 5.41 Å². The fourth-order valence-electron chi connectivity index (χ4n) is 4.01. The molecule has 1 saturated carbocycles. The third-order valence-electron chi connectivity index (χ3n) is 5.58. The van der Waals surface area contributed by atoms with Gasteiger partial charge in [0.1, 0.15) is 10.8 Å². The molecule has 1 aliphatic carbocycles. The van der Waals surface area contributed by atoms with Crippen molar-refractivity contribution in [1.82, 2.24) is 19.8 Å². The molecule has 2 aromatic rings. The zero-order valence-corrected chi connectivity index (χ0v) is 15.1. The van der Waals surface area contributed by atoms with Crippen molar-refractivity contribution in [3.05, 3.63) is 40.6 Å². The predicted octanol–water partition coefficient (Wildman–Crippen LogP) is 2.37. The Morgan fingerprint density at radius 2 is 2.20 bits per heavy atom. The maximum Gasteiger partial charge on any atom is 0.276 e. The number of rotatable bonds is 4. The minimum atomic E-state index is -0.165. The van der Waals surface area contributed by atoms with E-state index in [1.54, 1.807) is 23.6 Å². The van der Waals surface area contributed by atoms with Crippen LogP contribution in [-0.4, -0.2) is 57.0 Å². The second kappa shape index (κ2) is 6.38. The zero-order chi connectivity index (χ0) is 17.4. The Kier molecular flexibility index (Phi) is 4.21. The van der Waals surface area contributed by atoms with E-state index in [1.807, 2.05) is 16.5 Å². The molecule has 1 amide bonds. The lowest BCUT2D eigenvalue weighted by atomic mass is 9.92. The molecule has 0 bridgehead atoms. The standard InChI is InChI=1S/C18H22N4O2S/c1-21(12-15-19-7-10-25-15)14-11-18(14)4-8-22(9-5-18)17(24)16-13(23)3-2-6-20-16/h2-3,6-7,10,14,23H,4-5,8-9,11-12H2,1H3. The van der Waals surface area contributed by atoms with Gasteiger partial charge in [-0.2, -0.15) is 0 Å². The fourth-order valence-corrected chi connectivity index (χ4v) is 4.69. The summed E-state index contributed by atoms with van der Waals surface area (Å²) in [6.07, 6.45) is 6.63. The Morgan fingerprint density at radius 3 is 2.88 bits per heavy atom. The van der Waals surface area contributed by atoms with Gasteiger partial charge in [0.15, 0.2) is 5.69 Å². The number of hydrogen-bond donors (Lipinski definition) is 1. The summed E-state index contributed by atoms with van der Waals surface area (Å²) in [6.45, 7) is 2.36. The molecule has 3 heterocycles. The van der Waals surface area contributed by atoms with Crippen LogP contribution in [0.25, 0.3) is 0 Å². The molecule has 1 saturated heterocycles. The highest BCUT2D eigenvalue weighted by atomic mass is 32.1. The van der Waals surface area contributed by atoms with Crippen LogP contribution in [0, 0.1) is 5.41 Å². The molecule has 132 valence electrons. The molecular weight excluding hydrogens is 336 g/mol. The van der Waals surface area contributed by atoms with E-state index in [0.29, 0.717) is 11.5 Å². The van der Waals surface area contributed by atoms with E-state index in [2.05, 4.69) is 21.9 Å². The largest absolute Gasteiger partial charge is 0.505 e. The van der Waals surface area contributed by atoms with Crippen molar-refractivity contribution in [2.75, 3.05) is 20.1 Å². The monoisotopic (exact) mass is 358 g/mol. The number of hydrogen-bond acceptors (Lipinski definition) is 6. The molecule has 1 unspecified atom stereocenters. The number of aromatic nitrogens is 2. The molecule has 1 atom stereocenters. The van der Waals surface area contributed by atoms with Crippen LogP contribution in [0.3, 0.4) is 0 Å². The minimum absolute atomic E-state index is 0.0414. The van der Waals surface area contributed by atoms with Gasteiger partial charge in [-0.05, 0) is 43.9 Å². The second-order valence-electron chi connectivity index (χ2n) is 7.09. The predicted molar refractivity (Wildman–Crippen MR) is 95.5 cm³/mol. The Labute approximate surface area is 151 Å². The van der Waals surface area contributed by atoms with Crippen LogP contribution in [0.5, 0.6) is 5.75 Å². The average molecular weight is 358 g/mol. The first-order valence-electron chi connectivity index (χ1n) is 8.61. The van der Waals surface area contributed by atoms with Gasteiger partial charge in [0, 0.05) is 36.9 Å². The molecule has 2 aliphatic rings. The topological polar surface area (TPSA) is 69.6 Å². The molecule has 2 aromatic heterocycles. The summed E-state index contributed by atoms with van der Waals surface area (Å²) < 4.78 is 0. The summed E-state index contributed by atoms with van der Waals surface area (Å²) in [6, 6.07) is 3.72. The molecular formula is C18H22N4O2S. The highest BCUT2D eigenvalue weighted by Gasteiger charge is 2.57.